The highest BCUT2D eigenvalue weighted by atomic mass is 16.5. The minimum atomic E-state index is -0.399. The zero-order valence-electron chi connectivity index (χ0n) is 16.9. The zero-order valence-corrected chi connectivity index (χ0v) is 16.9. The Labute approximate surface area is 162 Å². The van der Waals surface area contributed by atoms with Crippen molar-refractivity contribution >= 4 is 17.6 Å². The Morgan fingerprint density at radius 3 is 2.37 bits per heavy atom. The molecule has 2 heterocycles. The van der Waals surface area contributed by atoms with E-state index in [0.717, 1.165) is 44.3 Å². The van der Waals surface area contributed by atoms with Crippen molar-refractivity contribution in [2.24, 2.45) is 5.92 Å². The quantitative estimate of drug-likeness (QED) is 0.801. The summed E-state index contributed by atoms with van der Waals surface area (Å²) in [5, 5.41) is 6.85. The first-order valence-electron chi connectivity index (χ1n) is 10.4. The monoisotopic (exact) mass is 375 g/mol. The van der Waals surface area contributed by atoms with E-state index < -0.39 is 6.04 Å². The van der Waals surface area contributed by atoms with Gasteiger partial charge in [0.1, 0.15) is 11.8 Å². The van der Waals surface area contributed by atoms with Crippen molar-refractivity contribution in [2.45, 2.75) is 90.0 Å². The molecule has 6 heteroatoms. The molecule has 0 aromatic carbocycles. The number of rotatable bonds is 3. The third-order valence-electron chi connectivity index (χ3n) is 5.79. The number of likely N-dealkylation sites (tertiary alicyclic amines) is 1. The van der Waals surface area contributed by atoms with Crippen LogP contribution in [0.25, 0.3) is 0 Å². The van der Waals surface area contributed by atoms with Gasteiger partial charge >= 0.3 is 0 Å². The molecule has 0 spiro atoms. The number of piperidine rings is 1. The molecule has 27 heavy (non-hydrogen) atoms. The van der Waals surface area contributed by atoms with Crippen molar-refractivity contribution < 1.29 is 14.1 Å². The number of nitrogens with zero attached hydrogens (tertiary/aromatic N) is 2. The lowest BCUT2D eigenvalue weighted by molar-refractivity contribution is -0.144. The van der Waals surface area contributed by atoms with Crippen LogP contribution in [0, 0.1) is 5.92 Å². The van der Waals surface area contributed by atoms with E-state index in [1.807, 2.05) is 25.7 Å². The van der Waals surface area contributed by atoms with Gasteiger partial charge in [0.05, 0.1) is 0 Å². The van der Waals surface area contributed by atoms with E-state index in [1.54, 1.807) is 6.07 Å². The van der Waals surface area contributed by atoms with Crippen molar-refractivity contribution in [1.82, 2.24) is 10.1 Å². The van der Waals surface area contributed by atoms with Crippen LogP contribution in [0.4, 0.5) is 5.82 Å². The fourth-order valence-electron chi connectivity index (χ4n) is 4.13. The maximum absolute atomic E-state index is 13.1. The summed E-state index contributed by atoms with van der Waals surface area (Å²) in [6.45, 7) is 6.79. The lowest BCUT2D eigenvalue weighted by Gasteiger charge is -2.36. The van der Waals surface area contributed by atoms with Crippen LogP contribution in [0.5, 0.6) is 0 Å². The molecule has 1 saturated carbocycles. The molecule has 1 N–H and O–H groups in total. The highest BCUT2D eigenvalue weighted by molar-refractivity contribution is 5.97. The number of carbonyl (C=O) groups is 2. The van der Waals surface area contributed by atoms with Gasteiger partial charge in [0.2, 0.25) is 11.8 Å². The fourth-order valence-corrected chi connectivity index (χ4v) is 4.13. The third-order valence-corrected chi connectivity index (χ3v) is 5.79. The largest absolute Gasteiger partial charge is 0.359 e. The van der Waals surface area contributed by atoms with Crippen LogP contribution in [-0.2, 0) is 15.0 Å². The average molecular weight is 376 g/mol. The smallest absolute Gasteiger partial charge is 0.248 e. The minimum Gasteiger partial charge on any atom is -0.359 e. The summed E-state index contributed by atoms with van der Waals surface area (Å²) in [5.74, 6) is 1.27. The first-order valence-corrected chi connectivity index (χ1v) is 10.4. The predicted octanol–water partition coefficient (Wildman–Crippen LogP) is 4.26. The average Bonchev–Trinajstić information content (AvgIpc) is 2.95. The third kappa shape index (κ3) is 4.90. The molecule has 1 saturated heterocycles. The van der Waals surface area contributed by atoms with Crippen LogP contribution in [0.3, 0.4) is 0 Å². The number of anilines is 1. The van der Waals surface area contributed by atoms with Gasteiger partial charge in [-0.15, -0.1) is 0 Å². The molecule has 1 aliphatic heterocycles. The van der Waals surface area contributed by atoms with Crippen LogP contribution in [-0.4, -0.2) is 34.5 Å². The zero-order chi connectivity index (χ0) is 19.4. The highest BCUT2D eigenvalue weighted by Gasteiger charge is 2.36. The van der Waals surface area contributed by atoms with Gasteiger partial charge in [-0.2, -0.15) is 0 Å². The Bertz CT molecular complexity index is 654. The second-order valence-corrected chi connectivity index (χ2v) is 9.05. The van der Waals surface area contributed by atoms with Gasteiger partial charge in [-0.3, -0.25) is 9.59 Å². The van der Waals surface area contributed by atoms with E-state index in [-0.39, 0.29) is 23.1 Å². The number of hydrogen-bond donors (Lipinski definition) is 1. The summed E-state index contributed by atoms with van der Waals surface area (Å²) < 4.78 is 5.36. The number of carbonyl (C=O) groups excluding carboxylic acids is 2. The molecule has 6 nitrogen and oxygen atoms in total. The van der Waals surface area contributed by atoms with Crippen LogP contribution in [0.2, 0.25) is 0 Å². The topological polar surface area (TPSA) is 75.4 Å². The molecule has 1 aliphatic carbocycles. The molecule has 3 rings (SSSR count). The SMILES string of the molecule is CC(C)(C)c1cc(NC(=O)C2CCCCN2C(=O)C2CCCCCC2)no1. The Balaban J connectivity index is 1.67. The second kappa shape index (κ2) is 8.44. The molecule has 150 valence electrons. The number of nitrogens with one attached hydrogen (secondary N) is 1. The van der Waals surface area contributed by atoms with Crippen molar-refractivity contribution in [3.05, 3.63) is 11.8 Å². The molecule has 0 bridgehead atoms. The first kappa shape index (κ1) is 19.9. The lowest BCUT2D eigenvalue weighted by atomic mass is 9.93. The standard InChI is InChI=1S/C21H33N3O3/c1-21(2,3)17-14-18(23-27-17)22-19(25)16-12-8-9-13-24(16)20(26)15-10-6-4-5-7-11-15/h14-16H,4-13H2,1-3H3,(H,22,23,25). The van der Waals surface area contributed by atoms with E-state index in [2.05, 4.69) is 10.5 Å². The van der Waals surface area contributed by atoms with Crippen LogP contribution >= 0.6 is 0 Å². The molecule has 1 atom stereocenters. The van der Waals surface area contributed by atoms with Gasteiger partial charge in [-0.05, 0) is 32.1 Å². The lowest BCUT2D eigenvalue weighted by Crippen LogP contribution is -2.51. The molecule has 2 aliphatic rings. The summed E-state index contributed by atoms with van der Waals surface area (Å²) >= 11 is 0. The van der Waals surface area contributed by atoms with E-state index in [1.165, 1.54) is 12.8 Å². The van der Waals surface area contributed by atoms with Gasteiger partial charge < -0.3 is 14.7 Å². The molecule has 1 aromatic rings. The van der Waals surface area contributed by atoms with Crippen LogP contribution in [0.15, 0.2) is 10.6 Å². The van der Waals surface area contributed by atoms with Gasteiger partial charge in [-0.25, -0.2) is 0 Å². The normalized spacial score (nSPS) is 22.3. The molecule has 2 fully saturated rings. The predicted molar refractivity (Wildman–Crippen MR) is 104 cm³/mol. The van der Waals surface area contributed by atoms with Gasteiger partial charge in [-0.1, -0.05) is 51.6 Å². The Morgan fingerprint density at radius 1 is 1.07 bits per heavy atom. The highest BCUT2D eigenvalue weighted by Crippen LogP contribution is 2.29. The summed E-state index contributed by atoms with van der Waals surface area (Å²) in [5.41, 5.74) is -0.164. The van der Waals surface area contributed by atoms with Gasteiger partial charge in [0, 0.05) is 23.9 Å². The van der Waals surface area contributed by atoms with E-state index in [4.69, 9.17) is 4.52 Å². The summed E-state index contributed by atoms with van der Waals surface area (Å²) in [7, 11) is 0. The molecular formula is C21H33N3O3. The van der Waals surface area contributed by atoms with Crippen molar-refractivity contribution in [3.63, 3.8) is 0 Å². The first-order chi connectivity index (χ1) is 12.9. The molecule has 2 amide bonds. The summed E-state index contributed by atoms with van der Waals surface area (Å²) in [6, 6.07) is 1.38. The Morgan fingerprint density at radius 2 is 1.74 bits per heavy atom. The van der Waals surface area contributed by atoms with Crippen molar-refractivity contribution in [3.8, 4) is 0 Å². The Kier molecular flexibility index (Phi) is 6.22. The maximum atomic E-state index is 13.1. The molecular weight excluding hydrogens is 342 g/mol. The minimum absolute atomic E-state index is 0.0837. The van der Waals surface area contributed by atoms with Crippen LogP contribution in [0.1, 0.15) is 84.3 Å². The van der Waals surface area contributed by atoms with Crippen molar-refractivity contribution in [1.29, 1.82) is 0 Å². The summed E-state index contributed by atoms with van der Waals surface area (Å²) in [6.07, 6.45) is 9.26. The maximum Gasteiger partial charge on any atom is 0.248 e. The van der Waals surface area contributed by atoms with Crippen molar-refractivity contribution in [2.75, 3.05) is 11.9 Å². The van der Waals surface area contributed by atoms with E-state index in [0.29, 0.717) is 18.8 Å². The second-order valence-electron chi connectivity index (χ2n) is 9.05. The van der Waals surface area contributed by atoms with Crippen LogP contribution < -0.4 is 5.32 Å². The fraction of sp³-hybridized carbons (Fsp3) is 0.762. The van der Waals surface area contributed by atoms with E-state index in [9.17, 15) is 9.59 Å². The van der Waals surface area contributed by atoms with Gasteiger partial charge in [0.25, 0.3) is 0 Å². The van der Waals surface area contributed by atoms with E-state index >= 15 is 0 Å². The molecule has 1 aromatic heterocycles. The molecule has 0 radical (unpaired) electrons. The number of hydrogen-bond acceptors (Lipinski definition) is 4. The van der Waals surface area contributed by atoms with Gasteiger partial charge in [0.15, 0.2) is 5.82 Å². The Hall–Kier alpha value is -1.85. The number of amides is 2. The number of aromatic nitrogens is 1. The molecule has 1 unspecified atom stereocenters. The summed E-state index contributed by atoms with van der Waals surface area (Å²) in [4.78, 5) is 27.9.